The Balaban J connectivity index is 2.62. The minimum atomic E-state index is -3.19. The maximum absolute atomic E-state index is 11.8. The highest BCUT2D eigenvalue weighted by atomic mass is 32.2. The van der Waals surface area contributed by atoms with Crippen LogP contribution in [0.2, 0.25) is 0 Å². The third-order valence-corrected chi connectivity index (χ3v) is 3.87. The van der Waals surface area contributed by atoms with Crippen LogP contribution in [0.4, 0.5) is 5.69 Å². The smallest absolute Gasteiger partial charge is 0.242 e. The molecule has 0 heterocycles. The molecule has 112 valence electrons. The van der Waals surface area contributed by atoms with Crippen molar-refractivity contribution < 1.29 is 13.2 Å². The Hall–Kier alpha value is -1.56. The first kappa shape index (κ1) is 16.5. The topological polar surface area (TPSA) is 75.3 Å². The lowest BCUT2D eigenvalue weighted by atomic mass is 10.2. The van der Waals surface area contributed by atoms with Crippen molar-refractivity contribution in [3.05, 3.63) is 24.3 Å². The summed E-state index contributed by atoms with van der Waals surface area (Å²) in [6, 6.07) is 5.98. The summed E-state index contributed by atoms with van der Waals surface area (Å²) >= 11 is 0. The lowest BCUT2D eigenvalue weighted by Crippen LogP contribution is -2.39. The summed E-state index contributed by atoms with van der Waals surface area (Å²) in [7, 11) is -3.19. The van der Waals surface area contributed by atoms with Crippen LogP contribution >= 0.6 is 0 Å². The van der Waals surface area contributed by atoms with Gasteiger partial charge in [0.05, 0.1) is 4.90 Å². The normalized spacial score (nSPS) is 13.1. The van der Waals surface area contributed by atoms with Crippen molar-refractivity contribution >= 4 is 21.4 Å². The van der Waals surface area contributed by atoms with Crippen LogP contribution in [0, 0.1) is 5.92 Å². The van der Waals surface area contributed by atoms with Gasteiger partial charge in [0.1, 0.15) is 6.04 Å². The van der Waals surface area contributed by atoms with E-state index in [2.05, 4.69) is 10.6 Å². The Morgan fingerprint density at radius 2 is 1.70 bits per heavy atom. The van der Waals surface area contributed by atoms with Crippen molar-refractivity contribution in [3.63, 3.8) is 0 Å². The number of anilines is 1. The quantitative estimate of drug-likeness (QED) is 0.837. The molecule has 1 aromatic rings. The lowest BCUT2D eigenvalue weighted by molar-refractivity contribution is -0.121. The van der Waals surface area contributed by atoms with E-state index in [4.69, 9.17) is 0 Å². The molecular formula is C14H22N2O3S. The summed E-state index contributed by atoms with van der Waals surface area (Å²) in [5.74, 6) is 0.325. The molecule has 0 aliphatic heterocycles. The minimum absolute atomic E-state index is 0.0779. The van der Waals surface area contributed by atoms with Gasteiger partial charge in [-0.2, -0.15) is 0 Å². The Labute approximate surface area is 120 Å². The summed E-state index contributed by atoms with van der Waals surface area (Å²) in [5.41, 5.74) is 0.713. The summed E-state index contributed by atoms with van der Waals surface area (Å²) < 4.78 is 22.7. The molecular weight excluding hydrogens is 276 g/mol. The Morgan fingerprint density at radius 3 is 2.15 bits per heavy atom. The van der Waals surface area contributed by atoms with Gasteiger partial charge in [0, 0.05) is 18.5 Å². The molecule has 1 amide bonds. The second-order valence-corrected chi connectivity index (χ2v) is 7.32. The van der Waals surface area contributed by atoms with Gasteiger partial charge in [-0.15, -0.1) is 0 Å². The van der Waals surface area contributed by atoms with Crippen molar-refractivity contribution in [2.75, 3.05) is 18.1 Å². The molecule has 6 heteroatoms. The predicted octanol–water partition coefficient (Wildman–Crippen LogP) is 1.66. The van der Waals surface area contributed by atoms with E-state index in [9.17, 15) is 13.2 Å². The zero-order chi connectivity index (χ0) is 15.3. The number of carbonyl (C=O) groups is 1. The molecule has 0 aliphatic carbocycles. The molecule has 0 saturated heterocycles. The Bertz CT molecular complexity index is 550. The summed E-state index contributed by atoms with van der Waals surface area (Å²) in [6.07, 6.45) is 1.16. The molecule has 0 aromatic heterocycles. The van der Waals surface area contributed by atoms with Crippen LogP contribution in [0.1, 0.15) is 20.8 Å². The van der Waals surface area contributed by atoms with E-state index in [0.29, 0.717) is 18.2 Å². The molecule has 0 bridgehead atoms. The first-order valence-corrected chi connectivity index (χ1v) is 8.43. The average Bonchev–Trinajstić information content (AvgIpc) is 2.35. The molecule has 1 aromatic carbocycles. The fourth-order valence-electron chi connectivity index (χ4n) is 1.57. The first-order chi connectivity index (χ1) is 9.20. The van der Waals surface area contributed by atoms with E-state index in [-0.39, 0.29) is 16.8 Å². The second-order valence-electron chi connectivity index (χ2n) is 5.30. The largest absolute Gasteiger partial charge is 0.374 e. The number of nitrogens with one attached hydrogen (secondary N) is 2. The van der Waals surface area contributed by atoms with E-state index >= 15 is 0 Å². The molecule has 0 aliphatic rings. The molecule has 0 saturated carbocycles. The van der Waals surface area contributed by atoms with E-state index in [1.165, 1.54) is 12.1 Å². The van der Waals surface area contributed by atoms with Gasteiger partial charge >= 0.3 is 0 Å². The standard InChI is InChI=1S/C14H22N2O3S/c1-10(2)9-15-14(17)11(3)16-12-5-7-13(8-6-12)20(4,18)19/h5-8,10-11,16H,9H2,1-4H3,(H,15,17). The van der Waals surface area contributed by atoms with Crippen molar-refractivity contribution in [3.8, 4) is 0 Å². The van der Waals surface area contributed by atoms with Gasteiger partial charge < -0.3 is 10.6 Å². The van der Waals surface area contributed by atoms with Crippen molar-refractivity contribution in [2.45, 2.75) is 31.7 Å². The van der Waals surface area contributed by atoms with Gasteiger partial charge in [0.15, 0.2) is 9.84 Å². The Morgan fingerprint density at radius 1 is 1.15 bits per heavy atom. The number of sulfone groups is 1. The van der Waals surface area contributed by atoms with Crippen LogP contribution in [0.3, 0.4) is 0 Å². The molecule has 1 atom stereocenters. The molecule has 2 N–H and O–H groups in total. The number of hydrogen-bond donors (Lipinski definition) is 2. The minimum Gasteiger partial charge on any atom is -0.374 e. The molecule has 1 rings (SSSR count). The van der Waals surface area contributed by atoms with Crippen molar-refractivity contribution in [1.29, 1.82) is 0 Å². The Kier molecular flexibility index (Phi) is 5.56. The van der Waals surface area contributed by atoms with Crippen LogP contribution in [0.15, 0.2) is 29.2 Å². The van der Waals surface area contributed by atoms with Gasteiger partial charge in [0.2, 0.25) is 5.91 Å². The fraction of sp³-hybridized carbons (Fsp3) is 0.500. The van der Waals surface area contributed by atoms with Crippen molar-refractivity contribution in [2.24, 2.45) is 5.92 Å². The van der Waals surface area contributed by atoms with Crippen LogP contribution in [-0.2, 0) is 14.6 Å². The molecule has 0 fully saturated rings. The highest BCUT2D eigenvalue weighted by Gasteiger charge is 2.13. The molecule has 0 radical (unpaired) electrons. The first-order valence-electron chi connectivity index (χ1n) is 6.54. The lowest BCUT2D eigenvalue weighted by Gasteiger charge is -2.16. The number of rotatable bonds is 6. The number of amides is 1. The van der Waals surface area contributed by atoms with Crippen LogP contribution in [-0.4, -0.2) is 33.2 Å². The van der Waals surface area contributed by atoms with Gasteiger partial charge in [-0.05, 0) is 37.1 Å². The van der Waals surface area contributed by atoms with E-state index in [1.807, 2.05) is 13.8 Å². The number of hydrogen-bond acceptors (Lipinski definition) is 4. The van der Waals surface area contributed by atoms with Gasteiger partial charge in [-0.25, -0.2) is 8.42 Å². The number of carbonyl (C=O) groups excluding carboxylic acids is 1. The third kappa shape index (κ3) is 5.21. The van der Waals surface area contributed by atoms with E-state index in [0.717, 1.165) is 6.26 Å². The average molecular weight is 298 g/mol. The van der Waals surface area contributed by atoms with Gasteiger partial charge in [-0.1, -0.05) is 13.8 Å². The third-order valence-electron chi connectivity index (χ3n) is 2.74. The van der Waals surface area contributed by atoms with Crippen molar-refractivity contribution in [1.82, 2.24) is 5.32 Å². The van der Waals surface area contributed by atoms with Gasteiger partial charge in [0.25, 0.3) is 0 Å². The second kappa shape index (κ2) is 6.74. The van der Waals surface area contributed by atoms with E-state index in [1.54, 1.807) is 19.1 Å². The summed E-state index contributed by atoms with van der Waals surface area (Å²) in [5, 5.41) is 5.88. The van der Waals surface area contributed by atoms with Crippen LogP contribution in [0.25, 0.3) is 0 Å². The summed E-state index contributed by atoms with van der Waals surface area (Å²) in [6.45, 7) is 6.46. The maximum atomic E-state index is 11.8. The van der Waals surface area contributed by atoms with Crippen LogP contribution < -0.4 is 10.6 Å². The van der Waals surface area contributed by atoms with Gasteiger partial charge in [-0.3, -0.25) is 4.79 Å². The molecule has 0 spiro atoms. The highest BCUT2D eigenvalue weighted by Crippen LogP contribution is 2.14. The maximum Gasteiger partial charge on any atom is 0.242 e. The highest BCUT2D eigenvalue weighted by molar-refractivity contribution is 7.90. The molecule has 1 unspecified atom stereocenters. The number of benzene rings is 1. The van der Waals surface area contributed by atoms with E-state index < -0.39 is 9.84 Å². The predicted molar refractivity (Wildman–Crippen MR) is 80.5 cm³/mol. The zero-order valence-corrected chi connectivity index (χ0v) is 13.1. The molecule has 20 heavy (non-hydrogen) atoms. The SMILES string of the molecule is CC(C)CNC(=O)C(C)Nc1ccc(S(C)(=O)=O)cc1. The molecule has 5 nitrogen and oxygen atoms in total. The zero-order valence-electron chi connectivity index (χ0n) is 12.3. The monoisotopic (exact) mass is 298 g/mol. The summed E-state index contributed by atoms with van der Waals surface area (Å²) in [4.78, 5) is 12.1. The van der Waals surface area contributed by atoms with Crippen LogP contribution in [0.5, 0.6) is 0 Å². The fourth-order valence-corrected chi connectivity index (χ4v) is 2.20.